The maximum atomic E-state index is 11.8. The van der Waals surface area contributed by atoms with Crippen molar-refractivity contribution in [1.29, 1.82) is 0 Å². The van der Waals surface area contributed by atoms with Crippen LogP contribution in [0.4, 0.5) is 0 Å². The molecule has 1 saturated heterocycles. The molecule has 0 spiro atoms. The van der Waals surface area contributed by atoms with Crippen molar-refractivity contribution >= 4 is 34.7 Å². The summed E-state index contributed by atoms with van der Waals surface area (Å²) < 4.78 is 9.26. The van der Waals surface area contributed by atoms with E-state index in [4.69, 9.17) is 16.3 Å². The Bertz CT molecular complexity index is 726. The molecule has 116 valence electrons. The lowest BCUT2D eigenvalue weighted by atomic mass is 10.2. The Labute approximate surface area is 134 Å². The molecule has 0 unspecified atom stereocenters. The lowest BCUT2D eigenvalue weighted by Crippen LogP contribution is -2.12. The zero-order valence-corrected chi connectivity index (χ0v) is 13.5. The average molecular weight is 320 g/mol. The number of aromatic nitrogens is 1. The van der Waals surface area contributed by atoms with Gasteiger partial charge in [0.2, 0.25) is 0 Å². The Morgan fingerprint density at radius 1 is 1.41 bits per heavy atom. The fourth-order valence-corrected chi connectivity index (χ4v) is 3.27. The summed E-state index contributed by atoms with van der Waals surface area (Å²) in [4.78, 5) is 11.8. The highest BCUT2D eigenvalue weighted by Crippen LogP contribution is 2.27. The largest absolute Gasteiger partial charge is 0.465 e. The topological polar surface area (TPSA) is 34.2 Å². The van der Waals surface area contributed by atoms with Crippen molar-refractivity contribution in [3.63, 3.8) is 0 Å². The number of ether oxygens (including phenoxy) is 1. The minimum Gasteiger partial charge on any atom is -0.465 e. The summed E-state index contributed by atoms with van der Waals surface area (Å²) in [5, 5.41) is 1.73. The maximum Gasteiger partial charge on any atom is 0.325 e. The zero-order valence-electron chi connectivity index (χ0n) is 12.7. The molecule has 1 aromatic carbocycles. The molecule has 2 heterocycles. The Morgan fingerprint density at radius 2 is 2.18 bits per heavy atom. The van der Waals surface area contributed by atoms with Gasteiger partial charge in [0.15, 0.2) is 6.21 Å². The second-order valence-electron chi connectivity index (χ2n) is 5.53. The molecule has 0 bridgehead atoms. The highest BCUT2D eigenvalue weighted by Gasteiger charge is 2.17. The van der Waals surface area contributed by atoms with Gasteiger partial charge in [-0.1, -0.05) is 23.7 Å². The molecule has 1 aliphatic heterocycles. The molecule has 2 aromatic rings. The van der Waals surface area contributed by atoms with Crippen LogP contribution in [0.3, 0.4) is 0 Å². The van der Waals surface area contributed by atoms with Gasteiger partial charge in [0.25, 0.3) is 0 Å². The highest BCUT2D eigenvalue weighted by atomic mass is 35.5. The van der Waals surface area contributed by atoms with Crippen LogP contribution < -0.4 is 0 Å². The normalized spacial score (nSPS) is 14.5. The summed E-state index contributed by atoms with van der Waals surface area (Å²) in [5.41, 5.74) is 1.99. The van der Waals surface area contributed by atoms with Crippen LogP contribution in [0.25, 0.3) is 10.9 Å². The van der Waals surface area contributed by atoms with Crippen molar-refractivity contribution < 1.29 is 14.1 Å². The molecule has 3 rings (SSSR count). The SMILES string of the molecule is CCOC(=O)Cn1cc(C=[N+]2CCCC2)c2cccc(Cl)c21. The van der Waals surface area contributed by atoms with E-state index in [0.29, 0.717) is 11.6 Å². The van der Waals surface area contributed by atoms with E-state index in [-0.39, 0.29) is 12.5 Å². The molecule has 1 aromatic heterocycles. The number of hydrogen-bond acceptors (Lipinski definition) is 2. The molecular formula is C17H20ClN2O2+. The van der Waals surface area contributed by atoms with Crippen molar-refractivity contribution in [3.05, 3.63) is 35.0 Å². The Morgan fingerprint density at radius 3 is 2.91 bits per heavy atom. The summed E-state index contributed by atoms with van der Waals surface area (Å²) >= 11 is 6.35. The maximum absolute atomic E-state index is 11.8. The van der Waals surface area contributed by atoms with Gasteiger partial charge in [-0.05, 0) is 13.0 Å². The number of nitrogens with zero attached hydrogens (tertiary/aromatic N) is 2. The van der Waals surface area contributed by atoms with Gasteiger partial charge < -0.3 is 9.30 Å². The van der Waals surface area contributed by atoms with Gasteiger partial charge in [-0.25, -0.2) is 4.58 Å². The molecule has 0 N–H and O–H groups in total. The average Bonchev–Trinajstić information content (AvgIpc) is 3.09. The molecule has 4 nitrogen and oxygen atoms in total. The van der Waals surface area contributed by atoms with Crippen molar-refractivity contribution in [2.75, 3.05) is 19.7 Å². The van der Waals surface area contributed by atoms with Crippen LogP contribution in [0, 0.1) is 0 Å². The van der Waals surface area contributed by atoms with Crippen LogP contribution in [-0.4, -0.2) is 41.0 Å². The zero-order chi connectivity index (χ0) is 15.5. The first-order valence-electron chi connectivity index (χ1n) is 7.71. The number of esters is 1. The molecule has 1 fully saturated rings. The monoisotopic (exact) mass is 319 g/mol. The quantitative estimate of drug-likeness (QED) is 0.641. The standard InChI is InChI=1S/C17H20ClN2O2/c1-2-22-16(21)12-20-11-13(10-19-8-3-4-9-19)14-6-5-7-15(18)17(14)20/h5-7,10-11H,2-4,8-9,12H2,1H3/q+1. The van der Waals surface area contributed by atoms with Crippen molar-refractivity contribution in [3.8, 4) is 0 Å². The minimum absolute atomic E-state index is 0.182. The third-order valence-corrected chi connectivity index (χ3v) is 4.25. The molecule has 0 atom stereocenters. The van der Waals surface area contributed by atoms with E-state index in [1.54, 1.807) is 0 Å². The first-order chi connectivity index (χ1) is 10.7. The van der Waals surface area contributed by atoms with E-state index in [9.17, 15) is 4.79 Å². The summed E-state index contributed by atoms with van der Waals surface area (Å²) in [5.74, 6) is -0.243. The first kappa shape index (κ1) is 15.1. The minimum atomic E-state index is -0.243. The van der Waals surface area contributed by atoms with Crippen LogP contribution in [0.2, 0.25) is 5.02 Å². The second kappa shape index (κ2) is 6.53. The lowest BCUT2D eigenvalue weighted by Gasteiger charge is -2.05. The summed E-state index contributed by atoms with van der Waals surface area (Å²) in [6.07, 6.45) is 6.64. The molecule has 0 amide bonds. The number of halogens is 1. The third-order valence-electron chi connectivity index (χ3n) is 3.95. The number of benzene rings is 1. The fraction of sp³-hybridized carbons (Fsp3) is 0.412. The van der Waals surface area contributed by atoms with E-state index in [1.165, 1.54) is 12.8 Å². The summed E-state index contributed by atoms with van der Waals surface area (Å²) in [6.45, 7) is 4.56. The number of rotatable bonds is 4. The molecule has 0 saturated carbocycles. The van der Waals surface area contributed by atoms with Gasteiger partial charge in [0.1, 0.15) is 19.6 Å². The summed E-state index contributed by atoms with van der Waals surface area (Å²) in [7, 11) is 0. The molecule has 0 aliphatic carbocycles. The van der Waals surface area contributed by atoms with Crippen molar-refractivity contribution in [1.82, 2.24) is 4.57 Å². The van der Waals surface area contributed by atoms with Crippen LogP contribution in [-0.2, 0) is 16.1 Å². The summed E-state index contributed by atoms with van der Waals surface area (Å²) in [6, 6.07) is 5.84. The third kappa shape index (κ3) is 3.02. The van der Waals surface area contributed by atoms with Crippen LogP contribution >= 0.6 is 11.6 Å². The van der Waals surface area contributed by atoms with E-state index >= 15 is 0 Å². The molecule has 0 radical (unpaired) electrons. The van der Waals surface area contributed by atoms with Crippen LogP contribution in [0.5, 0.6) is 0 Å². The molecular weight excluding hydrogens is 300 g/mol. The van der Waals surface area contributed by atoms with Crippen molar-refractivity contribution in [2.24, 2.45) is 0 Å². The number of carbonyl (C=O) groups excluding carboxylic acids is 1. The van der Waals surface area contributed by atoms with Gasteiger partial charge >= 0.3 is 5.97 Å². The number of fused-ring (bicyclic) bond motifs is 1. The van der Waals surface area contributed by atoms with Gasteiger partial charge in [-0.3, -0.25) is 4.79 Å². The van der Waals surface area contributed by atoms with E-state index in [0.717, 1.165) is 29.6 Å². The Kier molecular flexibility index (Phi) is 4.48. The van der Waals surface area contributed by atoms with E-state index in [1.807, 2.05) is 35.9 Å². The smallest absolute Gasteiger partial charge is 0.325 e. The second-order valence-corrected chi connectivity index (χ2v) is 5.93. The van der Waals surface area contributed by atoms with E-state index < -0.39 is 0 Å². The number of para-hydroxylation sites is 1. The van der Waals surface area contributed by atoms with Gasteiger partial charge in [0.05, 0.1) is 22.7 Å². The lowest BCUT2D eigenvalue weighted by molar-refractivity contribution is -0.500. The van der Waals surface area contributed by atoms with Gasteiger partial charge in [0, 0.05) is 24.4 Å². The Balaban J connectivity index is 2.04. The van der Waals surface area contributed by atoms with Crippen LogP contribution in [0.15, 0.2) is 24.4 Å². The van der Waals surface area contributed by atoms with E-state index in [2.05, 4.69) is 10.8 Å². The fourth-order valence-electron chi connectivity index (χ4n) is 2.98. The number of carbonyl (C=O) groups is 1. The predicted octanol–water partition coefficient (Wildman–Crippen LogP) is 3.08. The van der Waals surface area contributed by atoms with Crippen LogP contribution in [0.1, 0.15) is 25.3 Å². The Hall–Kier alpha value is -1.81. The highest BCUT2D eigenvalue weighted by molar-refractivity contribution is 6.35. The molecule has 5 heteroatoms. The predicted molar refractivity (Wildman–Crippen MR) is 88.0 cm³/mol. The first-order valence-corrected chi connectivity index (χ1v) is 8.08. The van der Waals surface area contributed by atoms with Crippen molar-refractivity contribution in [2.45, 2.75) is 26.3 Å². The molecule has 1 aliphatic rings. The number of hydrogen-bond donors (Lipinski definition) is 0. The van der Waals surface area contributed by atoms with Gasteiger partial charge in [-0.15, -0.1) is 0 Å². The molecule has 22 heavy (non-hydrogen) atoms. The van der Waals surface area contributed by atoms with Gasteiger partial charge in [-0.2, -0.15) is 0 Å².